The number of hydrogen-bond donors (Lipinski definition) is 2. The SMILES string of the molecule is COCCNC(=O)CNC(=O)c1cn(-c2ccccc2)nc1-c1ccc(C)c(C)c1. The van der Waals surface area contributed by atoms with E-state index in [1.165, 1.54) is 5.56 Å². The van der Waals surface area contributed by atoms with Crippen LogP contribution < -0.4 is 10.6 Å². The zero-order valence-corrected chi connectivity index (χ0v) is 17.4. The van der Waals surface area contributed by atoms with E-state index in [9.17, 15) is 9.59 Å². The Balaban J connectivity index is 1.87. The van der Waals surface area contributed by atoms with Gasteiger partial charge < -0.3 is 15.4 Å². The summed E-state index contributed by atoms with van der Waals surface area (Å²) >= 11 is 0. The number of aromatic nitrogens is 2. The lowest BCUT2D eigenvalue weighted by atomic mass is 10.0. The molecule has 156 valence electrons. The van der Waals surface area contributed by atoms with Gasteiger partial charge in [-0.25, -0.2) is 4.68 Å². The molecule has 1 heterocycles. The van der Waals surface area contributed by atoms with Gasteiger partial charge in [0.1, 0.15) is 5.69 Å². The number of aryl methyl sites for hydroxylation is 2. The van der Waals surface area contributed by atoms with Gasteiger partial charge in [0.2, 0.25) is 5.91 Å². The van der Waals surface area contributed by atoms with Crippen LogP contribution in [-0.2, 0) is 9.53 Å². The van der Waals surface area contributed by atoms with Crippen molar-refractivity contribution in [3.63, 3.8) is 0 Å². The van der Waals surface area contributed by atoms with E-state index in [1.54, 1.807) is 18.0 Å². The molecule has 0 bridgehead atoms. The highest BCUT2D eigenvalue weighted by Gasteiger charge is 2.19. The molecule has 30 heavy (non-hydrogen) atoms. The Morgan fingerprint density at radius 2 is 1.80 bits per heavy atom. The summed E-state index contributed by atoms with van der Waals surface area (Å²) in [5.41, 5.74) is 4.96. The zero-order chi connectivity index (χ0) is 21.5. The Labute approximate surface area is 176 Å². The molecular formula is C23H26N4O3. The van der Waals surface area contributed by atoms with Crippen molar-refractivity contribution >= 4 is 11.8 Å². The second kappa shape index (κ2) is 9.84. The second-order valence-corrected chi connectivity index (χ2v) is 7.00. The molecule has 0 radical (unpaired) electrons. The quantitative estimate of drug-likeness (QED) is 0.563. The average Bonchev–Trinajstić information content (AvgIpc) is 3.20. The van der Waals surface area contributed by atoms with Gasteiger partial charge >= 0.3 is 0 Å². The lowest BCUT2D eigenvalue weighted by Gasteiger charge is -2.07. The summed E-state index contributed by atoms with van der Waals surface area (Å²) in [6.07, 6.45) is 1.69. The Kier molecular flexibility index (Phi) is 6.98. The van der Waals surface area contributed by atoms with Crippen LogP contribution in [0.25, 0.3) is 16.9 Å². The summed E-state index contributed by atoms with van der Waals surface area (Å²) in [4.78, 5) is 24.8. The molecule has 0 saturated carbocycles. The van der Waals surface area contributed by atoms with Crippen LogP contribution in [0.3, 0.4) is 0 Å². The largest absolute Gasteiger partial charge is 0.383 e. The fourth-order valence-corrected chi connectivity index (χ4v) is 2.97. The van der Waals surface area contributed by atoms with E-state index >= 15 is 0 Å². The van der Waals surface area contributed by atoms with Crippen molar-refractivity contribution in [1.29, 1.82) is 0 Å². The van der Waals surface area contributed by atoms with Crippen molar-refractivity contribution in [2.45, 2.75) is 13.8 Å². The van der Waals surface area contributed by atoms with Gasteiger partial charge in [-0.15, -0.1) is 0 Å². The number of benzene rings is 2. The highest BCUT2D eigenvalue weighted by molar-refractivity contribution is 6.01. The second-order valence-electron chi connectivity index (χ2n) is 7.00. The molecule has 0 aliphatic carbocycles. The van der Waals surface area contributed by atoms with Crippen molar-refractivity contribution in [2.75, 3.05) is 26.8 Å². The number of para-hydroxylation sites is 1. The fraction of sp³-hybridized carbons (Fsp3) is 0.261. The lowest BCUT2D eigenvalue weighted by Crippen LogP contribution is -2.38. The van der Waals surface area contributed by atoms with Gasteiger partial charge in [-0.2, -0.15) is 5.10 Å². The number of carbonyl (C=O) groups excluding carboxylic acids is 2. The third-order valence-corrected chi connectivity index (χ3v) is 4.80. The molecule has 0 fully saturated rings. The highest BCUT2D eigenvalue weighted by atomic mass is 16.5. The van der Waals surface area contributed by atoms with E-state index in [1.807, 2.05) is 62.4 Å². The lowest BCUT2D eigenvalue weighted by molar-refractivity contribution is -0.120. The third kappa shape index (κ3) is 5.12. The van der Waals surface area contributed by atoms with Crippen LogP contribution in [0.5, 0.6) is 0 Å². The van der Waals surface area contributed by atoms with E-state index in [2.05, 4.69) is 15.7 Å². The molecule has 0 unspecified atom stereocenters. The van der Waals surface area contributed by atoms with Crippen LogP contribution in [0, 0.1) is 13.8 Å². The van der Waals surface area contributed by atoms with Gasteiger partial charge in [-0.1, -0.05) is 30.3 Å². The van der Waals surface area contributed by atoms with Gasteiger partial charge in [-0.3, -0.25) is 9.59 Å². The van der Waals surface area contributed by atoms with E-state index in [0.29, 0.717) is 24.4 Å². The molecule has 0 aliphatic rings. The number of rotatable bonds is 8. The van der Waals surface area contributed by atoms with E-state index < -0.39 is 0 Å². The third-order valence-electron chi connectivity index (χ3n) is 4.80. The summed E-state index contributed by atoms with van der Waals surface area (Å²) in [7, 11) is 1.56. The minimum absolute atomic E-state index is 0.120. The predicted octanol–water partition coefficient (Wildman–Crippen LogP) is 2.65. The molecular weight excluding hydrogens is 380 g/mol. The average molecular weight is 406 g/mol. The van der Waals surface area contributed by atoms with Gasteiger partial charge in [0, 0.05) is 25.4 Å². The molecule has 2 amide bonds. The first-order valence-corrected chi connectivity index (χ1v) is 9.76. The van der Waals surface area contributed by atoms with Crippen molar-refractivity contribution in [3.8, 4) is 16.9 Å². The van der Waals surface area contributed by atoms with Gasteiger partial charge in [0.25, 0.3) is 5.91 Å². The Bertz CT molecular complexity index is 1030. The summed E-state index contributed by atoms with van der Waals surface area (Å²) in [5, 5.41) is 10.0. The van der Waals surface area contributed by atoms with Gasteiger partial charge in [-0.05, 0) is 43.2 Å². The molecule has 7 heteroatoms. The fourth-order valence-electron chi connectivity index (χ4n) is 2.97. The summed E-state index contributed by atoms with van der Waals surface area (Å²) in [5.74, 6) is -0.629. The van der Waals surface area contributed by atoms with Crippen LogP contribution in [-0.4, -0.2) is 48.4 Å². The van der Waals surface area contributed by atoms with Crippen LogP contribution in [0.4, 0.5) is 0 Å². The molecule has 0 spiro atoms. The van der Waals surface area contributed by atoms with Gasteiger partial charge in [0.15, 0.2) is 0 Å². The monoisotopic (exact) mass is 406 g/mol. The van der Waals surface area contributed by atoms with Crippen LogP contribution in [0.1, 0.15) is 21.5 Å². The van der Waals surface area contributed by atoms with E-state index in [0.717, 1.165) is 16.8 Å². The van der Waals surface area contributed by atoms with Crippen LogP contribution >= 0.6 is 0 Å². The number of amides is 2. The Morgan fingerprint density at radius 1 is 1.03 bits per heavy atom. The maximum absolute atomic E-state index is 12.9. The molecule has 0 aliphatic heterocycles. The number of hydrogen-bond acceptors (Lipinski definition) is 4. The number of nitrogens with one attached hydrogen (secondary N) is 2. The summed E-state index contributed by atoms with van der Waals surface area (Å²) in [6.45, 7) is 4.76. The normalized spacial score (nSPS) is 10.6. The molecule has 2 aromatic carbocycles. The molecule has 2 N–H and O–H groups in total. The van der Waals surface area contributed by atoms with E-state index in [4.69, 9.17) is 4.74 Å². The van der Waals surface area contributed by atoms with E-state index in [-0.39, 0.29) is 18.4 Å². The van der Waals surface area contributed by atoms with Gasteiger partial charge in [0.05, 0.1) is 24.4 Å². The Hall–Kier alpha value is -3.45. The first kappa shape index (κ1) is 21.3. The van der Waals surface area contributed by atoms with Crippen molar-refractivity contribution in [3.05, 3.63) is 71.4 Å². The topological polar surface area (TPSA) is 85.3 Å². The first-order valence-electron chi connectivity index (χ1n) is 9.76. The standard InChI is InChI=1S/C23H26N4O3/c1-16-9-10-18(13-17(16)2)22-20(15-27(26-22)19-7-5-4-6-8-19)23(29)25-14-21(28)24-11-12-30-3/h4-10,13,15H,11-12,14H2,1-3H3,(H,24,28)(H,25,29). The molecule has 0 atom stereocenters. The van der Waals surface area contributed by atoms with Crippen LogP contribution in [0.2, 0.25) is 0 Å². The minimum Gasteiger partial charge on any atom is -0.383 e. The number of carbonyl (C=O) groups is 2. The summed E-state index contributed by atoms with van der Waals surface area (Å²) in [6, 6.07) is 15.6. The molecule has 1 aromatic heterocycles. The summed E-state index contributed by atoms with van der Waals surface area (Å²) < 4.78 is 6.58. The minimum atomic E-state index is -0.354. The van der Waals surface area contributed by atoms with Crippen molar-refractivity contribution in [1.82, 2.24) is 20.4 Å². The molecule has 0 saturated heterocycles. The molecule has 7 nitrogen and oxygen atoms in total. The smallest absolute Gasteiger partial charge is 0.255 e. The van der Waals surface area contributed by atoms with Crippen molar-refractivity contribution < 1.29 is 14.3 Å². The zero-order valence-electron chi connectivity index (χ0n) is 17.4. The maximum atomic E-state index is 12.9. The Morgan fingerprint density at radius 3 is 2.50 bits per heavy atom. The van der Waals surface area contributed by atoms with Crippen molar-refractivity contribution in [2.24, 2.45) is 0 Å². The number of nitrogens with zero attached hydrogens (tertiary/aromatic N) is 2. The molecule has 3 aromatic rings. The first-order chi connectivity index (χ1) is 14.5. The highest BCUT2D eigenvalue weighted by Crippen LogP contribution is 2.25. The predicted molar refractivity (Wildman–Crippen MR) is 116 cm³/mol. The maximum Gasteiger partial charge on any atom is 0.255 e. The molecule has 3 rings (SSSR count). The number of ether oxygens (including phenoxy) is 1. The number of methoxy groups -OCH3 is 1. The van der Waals surface area contributed by atoms with Crippen LogP contribution in [0.15, 0.2) is 54.7 Å².